The minimum absolute atomic E-state index is 0.0342. The number of hydrogen-bond donors (Lipinski definition) is 1. The Morgan fingerprint density at radius 1 is 0.658 bits per heavy atom. The highest BCUT2D eigenvalue weighted by molar-refractivity contribution is 5.79. The molecule has 0 radical (unpaired) electrons. The monoisotopic (exact) mass is 495 g/mol. The van der Waals surface area contributed by atoms with Crippen molar-refractivity contribution < 1.29 is 4.79 Å². The van der Waals surface area contributed by atoms with Crippen LogP contribution in [0.3, 0.4) is 0 Å². The van der Waals surface area contributed by atoms with Crippen molar-refractivity contribution in [2.75, 3.05) is 6.54 Å². The molecule has 0 spiro atoms. The Bertz CT molecular complexity index is 1410. The molecule has 0 bridgehead atoms. The van der Waals surface area contributed by atoms with Crippen molar-refractivity contribution in [1.29, 1.82) is 0 Å². The second-order valence-electron chi connectivity index (χ2n) is 9.81. The van der Waals surface area contributed by atoms with Crippen molar-refractivity contribution in [3.05, 3.63) is 131 Å². The number of nitrogens with zero attached hydrogens (tertiary/aromatic N) is 2. The zero-order valence-electron chi connectivity index (χ0n) is 21.6. The fraction of sp³-hybridized carbons (Fsp3) is 0.206. The first-order valence-electron chi connectivity index (χ1n) is 12.9. The molecular formula is C34H29N3O. The van der Waals surface area contributed by atoms with E-state index in [1.165, 1.54) is 0 Å². The number of nitrogens with one attached hydrogen (secondary N) is 1. The molecule has 2 aromatic heterocycles. The van der Waals surface area contributed by atoms with E-state index in [-0.39, 0.29) is 23.2 Å². The molecule has 38 heavy (non-hydrogen) atoms. The fourth-order valence-electron chi connectivity index (χ4n) is 5.07. The number of carbonyl (C=O) groups is 1. The molecule has 1 N–H and O–H groups in total. The topological polar surface area (TPSA) is 54.9 Å². The lowest BCUT2D eigenvalue weighted by molar-refractivity contribution is -0.119. The van der Waals surface area contributed by atoms with Gasteiger partial charge in [0.05, 0.1) is 0 Å². The van der Waals surface area contributed by atoms with Crippen LogP contribution in [-0.4, -0.2) is 22.4 Å². The first-order chi connectivity index (χ1) is 18.5. The average Bonchev–Trinajstić information content (AvgIpc) is 3.38. The van der Waals surface area contributed by atoms with Crippen LogP contribution in [0.15, 0.2) is 97.3 Å². The summed E-state index contributed by atoms with van der Waals surface area (Å²) in [6, 6.07) is 27.9. The van der Waals surface area contributed by atoms with Gasteiger partial charge < -0.3 is 5.32 Å². The summed E-state index contributed by atoms with van der Waals surface area (Å²) in [6.07, 6.45) is 4.08. The third kappa shape index (κ3) is 5.51. The van der Waals surface area contributed by atoms with Gasteiger partial charge in [-0.3, -0.25) is 14.8 Å². The molecular weight excluding hydrogens is 466 g/mol. The predicted octanol–water partition coefficient (Wildman–Crippen LogP) is 5.69. The van der Waals surface area contributed by atoms with Crippen LogP contribution in [0.1, 0.15) is 65.7 Å². The van der Waals surface area contributed by atoms with Gasteiger partial charge in [0, 0.05) is 76.3 Å². The SMILES string of the molecule is CC(c1ccc(C#Cc2ccccc2)cn1)C1(C(C)c2ccc(C#Cc3ccccc3)cn2)CNC(=O)C1. The lowest BCUT2D eigenvalue weighted by atomic mass is 9.64. The molecule has 0 aliphatic carbocycles. The average molecular weight is 496 g/mol. The summed E-state index contributed by atoms with van der Waals surface area (Å²) in [7, 11) is 0. The summed E-state index contributed by atoms with van der Waals surface area (Å²) in [5.41, 5.74) is 5.22. The molecule has 4 nitrogen and oxygen atoms in total. The van der Waals surface area contributed by atoms with Crippen molar-refractivity contribution in [2.24, 2.45) is 5.41 Å². The molecule has 1 aliphatic heterocycles. The van der Waals surface area contributed by atoms with Crippen molar-refractivity contribution in [3.63, 3.8) is 0 Å². The largest absolute Gasteiger partial charge is 0.355 e. The number of carbonyl (C=O) groups excluding carboxylic acids is 1. The van der Waals surface area contributed by atoms with Gasteiger partial charge in [-0.15, -0.1) is 0 Å². The van der Waals surface area contributed by atoms with Crippen LogP contribution >= 0.6 is 0 Å². The Kier molecular flexibility index (Phi) is 7.34. The quantitative estimate of drug-likeness (QED) is 0.370. The molecule has 1 saturated heterocycles. The molecule has 3 heterocycles. The fourth-order valence-corrected chi connectivity index (χ4v) is 5.07. The number of rotatable bonds is 4. The summed E-state index contributed by atoms with van der Waals surface area (Å²) in [5, 5.41) is 3.07. The smallest absolute Gasteiger partial charge is 0.220 e. The maximum Gasteiger partial charge on any atom is 0.220 e. The first kappa shape index (κ1) is 25.0. The summed E-state index contributed by atoms with van der Waals surface area (Å²) in [5.74, 6) is 12.9. The van der Waals surface area contributed by atoms with Gasteiger partial charge in [0.25, 0.3) is 0 Å². The van der Waals surface area contributed by atoms with E-state index in [1.54, 1.807) is 0 Å². The molecule has 1 aliphatic rings. The Labute approximate surface area is 224 Å². The van der Waals surface area contributed by atoms with Gasteiger partial charge in [0.15, 0.2) is 0 Å². The molecule has 0 saturated carbocycles. The van der Waals surface area contributed by atoms with Crippen molar-refractivity contribution in [3.8, 4) is 23.7 Å². The van der Waals surface area contributed by atoms with Crippen molar-refractivity contribution >= 4 is 5.91 Å². The molecule has 1 fully saturated rings. The van der Waals surface area contributed by atoms with Gasteiger partial charge in [0.1, 0.15) is 0 Å². The lowest BCUT2D eigenvalue weighted by Crippen LogP contribution is -2.36. The molecule has 1 amide bonds. The normalized spacial score (nSPS) is 17.8. The minimum Gasteiger partial charge on any atom is -0.355 e. The van der Waals surface area contributed by atoms with Crippen LogP contribution in [0.2, 0.25) is 0 Å². The van der Waals surface area contributed by atoms with E-state index in [0.29, 0.717) is 13.0 Å². The second-order valence-corrected chi connectivity index (χ2v) is 9.81. The van der Waals surface area contributed by atoms with Crippen LogP contribution in [-0.2, 0) is 4.79 Å². The highest BCUT2D eigenvalue weighted by Gasteiger charge is 2.48. The van der Waals surface area contributed by atoms with E-state index >= 15 is 0 Å². The van der Waals surface area contributed by atoms with E-state index < -0.39 is 0 Å². The molecule has 2 atom stereocenters. The van der Waals surface area contributed by atoms with Gasteiger partial charge in [-0.1, -0.05) is 73.9 Å². The summed E-state index contributed by atoms with van der Waals surface area (Å²) < 4.78 is 0. The van der Waals surface area contributed by atoms with Crippen LogP contribution in [0.25, 0.3) is 0 Å². The lowest BCUT2D eigenvalue weighted by Gasteiger charge is -2.39. The Balaban J connectivity index is 1.36. The van der Waals surface area contributed by atoms with Crippen LogP contribution in [0.4, 0.5) is 0 Å². The van der Waals surface area contributed by atoms with Gasteiger partial charge in [-0.2, -0.15) is 0 Å². The Morgan fingerprint density at radius 2 is 1.11 bits per heavy atom. The van der Waals surface area contributed by atoms with Gasteiger partial charge >= 0.3 is 0 Å². The summed E-state index contributed by atoms with van der Waals surface area (Å²) >= 11 is 0. The van der Waals surface area contributed by atoms with E-state index in [1.807, 2.05) is 97.3 Å². The van der Waals surface area contributed by atoms with Gasteiger partial charge in [-0.25, -0.2) is 0 Å². The number of benzene rings is 2. The van der Waals surface area contributed by atoms with E-state index in [0.717, 1.165) is 33.6 Å². The highest BCUT2D eigenvalue weighted by Crippen LogP contribution is 2.50. The highest BCUT2D eigenvalue weighted by atomic mass is 16.1. The van der Waals surface area contributed by atoms with Gasteiger partial charge in [-0.05, 0) is 48.5 Å². The minimum atomic E-state index is -0.342. The maximum atomic E-state index is 12.5. The Morgan fingerprint density at radius 3 is 1.47 bits per heavy atom. The zero-order valence-corrected chi connectivity index (χ0v) is 21.6. The molecule has 4 heteroatoms. The summed E-state index contributed by atoms with van der Waals surface area (Å²) in [4.78, 5) is 22.0. The predicted molar refractivity (Wildman–Crippen MR) is 150 cm³/mol. The molecule has 2 aromatic carbocycles. The molecule has 2 unspecified atom stereocenters. The number of aromatic nitrogens is 2. The second kappa shape index (κ2) is 11.2. The third-order valence-electron chi connectivity index (χ3n) is 7.54. The Hall–Kier alpha value is -4.67. The van der Waals surface area contributed by atoms with Crippen LogP contribution < -0.4 is 5.32 Å². The third-order valence-corrected chi connectivity index (χ3v) is 7.54. The zero-order chi connectivity index (χ0) is 26.4. The van der Waals surface area contributed by atoms with E-state index in [9.17, 15) is 4.79 Å². The van der Waals surface area contributed by atoms with Crippen molar-refractivity contribution in [1.82, 2.24) is 15.3 Å². The van der Waals surface area contributed by atoms with Crippen LogP contribution in [0.5, 0.6) is 0 Å². The first-order valence-corrected chi connectivity index (χ1v) is 12.9. The maximum absolute atomic E-state index is 12.5. The standard InChI is InChI=1S/C34H29N3O/c1-25(31-19-17-29(22-35-31)15-13-27-9-5-3-6-10-27)34(21-33(38)37-24-34)26(2)32-20-18-30(23-36-32)16-14-28-11-7-4-8-12-28/h3-12,17-20,22-23,25-26H,21,24H2,1-2H3,(H,37,38). The van der Waals surface area contributed by atoms with E-state index in [4.69, 9.17) is 9.97 Å². The van der Waals surface area contributed by atoms with E-state index in [2.05, 4.69) is 42.8 Å². The molecule has 4 aromatic rings. The van der Waals surface area contributed by atoms with Crippen LogP contribution in [0, 0.1) is 29.1 Å². The number of hydrogen-bond acceptors (Lipinski definition) is 3. The number of amides is 1. The molecule has 186 valence electrons. The molecule has 5 rings (SSSR count). The number of pyridine rings is 2. The van der Waals surface area contributed by atoms with Gasteiger partial charge in [0.2, 0.25) is 5.91 Å². The summed E-state index contributed by atoms with van der Waals surface area (Å²) in [6.45, 7) is 4.91. The van der Waals surface area contributed by atoms with Crippen molar-refractivity contribution in [2.45, 2.75) is 32.1 Å².